The molecule has 9 heteroatoms. The number of aromatic hydroxyl groups is 1. The van der Waals surface area contributed by atoms with Crippen molar-refractivity contribution in [1.82, 2.24) is 5.43 Å². The van der Waals surface area contributed by atoms with Gasteiger partial charge in [-0.2, -0.15) is 5.10 Å². The minimum Gasteiger partial charge on any atom is -0.508 e. The number of fused-ring (bicyclic) bond motifs is 1. The van der Waals surface area contributed by atoms with E-state index in [1.54, 1.807) is 19.1 Å². The Morgan fingerprint density at radius 1 is 1.29 bits per heavy atom. The van der Waals surface area contributed by atoms with Crippen molar-refractivity contribution in [2.45, 2.75) is 26.2 Å². The van der Waals surface area contributed by atoms with Crippen LogP contribution in [0.4, 0.5) is 5.00 Å². The van der Waals surface area contributed by atoms with E-state index in [4.69, 9.17) is 4.74 Å². The molecule has 146 valence electrons. The number of nitrogens with one attached hydrogen (secondary N) is 2. The van der Waals surface area contributed by atoms with Crippen molar-refractivity contribution in [3.63, 3.8) is 0 Å². The second-order valence-electron chi connectivity index (χ2n) is 6.03. The van der Waals surface area contributed by atoms with Gasteiger partial charge in [0.1, 0.15) is 10.8 Å². The number of hydrazone groups is 1. The predicted octanol–water partition coefficient (Wildman–Crippen LogP) is 2.21. The number of esters is 1. The molecule has 3 rings (SSSR count). The Hall–Kier alpha value is -3.20. The number of hydrogen-bond acceptors (Lipinski definition) is 7. The number of carbonyl (C=O) groups is 3. The van der Waals surface area contributed by atoms with Crippen LogP contribution in [0, 0.1) is 0 Å². The summed E-state index contributed by atoms with van der Waals surface area (Å²) >= 11 is 1.29. The Labute approximate surface area is 165 Å². The van der Waals surface area contributed by atoms with Gasteiger partial charge in [0, 0.05) is 4.88 Å². The average Bonchev–Trinajstić information content (AvgIpc) is 3.22. The SMILES string of the molecule is CCOC(=O)c1c(NC(=O)C(=O)NN=Cc2cccc(O)c2)sc2c1CCC2. The van der Waals surface area contributed by atoms with E-state index in [-0.39, 0.29) is 12.4 Å². The van der Waals surface area contributed by atoms with E-state index in [9.17, 15) is 19.5 Å². The van der Waals surface area contributed by atoms with Crippen LogP contribution in [0.25, 0.3) is 0 Å². The molecule has 8 nitrogen and oxygen atoms in total. The molecule has 1 aromatic heterocycles. The molecule has 28 heavy (non-hydrogen) atoms. The van der Waals surface area contributed by atoms with Crippen LogP contribution in [-0.2, 0) is 27.2 Å². The van der Waals surface area contributed by atoms with Crippen molar-refractivity contribution < 1.29 is 24.2 Å². The summed E-state index contributed by atoms with van der Waals surface area (Å²) in [5.74, 6) is -2.34. The summed E-state index contributed by atoms with van der Waals surface area (Å²) in [6, 6.07) is 6.25. The molecule has 0 fully saturated rings. The molecular weight excluding hydrogens is 382 g/mol. The van der Waals surface area contributed by atoms with Crippen molar-refractivity contribution >= 4 is 40.3 Å². The maximum absolute atomic E-state index is 12.3. The lowest BCUT2D eigenvalue weighted by atomic mass is 10.1. The summed E-state index contributed by atoms with van der Waals surface area (Å²) < 4.78 is 5.09. The van der Waals surface area contributed by atoms with Crippen LogP contribution in [0.1, 0.15) is 39.7 Å². The summed E-state index contributed by atoms with van der Waals surface area (Å²) in [5.41, 5.74) is 3.90. The number of anilines is 1. The van der Waals surface area contributed by atoms with E-state index in [2.05, 4.69) is 15.8 Å². The van der Waals surface area contributed by atoms with Crippen LogP contribution < -0.4 is 10.7 Å². The van der Waals surface area contributed by atoms with Crippen molar-refractivity contribution in [3.05, 3.63) is 45.8 Å². The zero-order chi connectivity index (χ0) is 20.1. The molecule has 0 atom stereocenters. The van der Waals surface area contributed by atoms with Crippen molar-refractivity contribution in [2.75, 3.05) is 11.9 Å². The minimum atomic E-state index is -0.972. The molecule has 1 aromatic carbocycles. The van der Waals surface area contributed by atoms with Crippen LogP contribution in [-0.4, -0.2) is 35.7 Å². The van der Waals surface area contributed by atoms with E-state index < -0.39 is 17.8 Å². The number of phenols is 1. The van der Waals surface area contributed by atoms with Gasteiger partial charge >= 0.3 is 17.8 Å². The predicted molar refractivity (Wildman–Crippen MR) is 105 cm³/mol. The van der Waals surface area contributed by atoms with Crippen molar-refractivity contribution in [3.8, 4) is 5.75 Å². The number of thiophene rings is 1. The first-order valence-electron chi connectivity index (χ1n) is 8.74. The molecule has 1 heterocycles. The molecule has 2 aromatic rings. The highest BCUT2D eigenvalue weighted by Gasteiger charge is 2.29. The molecule has 0 unspecified atom stereocenters. The van der Waals surface area contributed by atoms with E-state index in [0.717, 1.165) is 29.7 Å². The highest BCUT2D eigenvalue weighted by Crippen LogP contribution is 2.39. The first-order valence-corrected chi connectivity index (χ1v) is 9.56. The fourth-order valence-electron chi connectivity index (χ4n) is 2.89. The fourth-order valence-corrected chi connectivity index (χ4v) is 4.17. The zero-order valence-electron chi connectivity index (χ0n) is 15.2. The van der Waals surface area contributed by atoms with E-state index in [0.29, 0.717) is 16.1 Å². The van der Waals surface area contributed by atoms with Gasteiger partial charge in [0.15, 0.2) is 0 Å². The van der Waals surface area contributed by atoms with Gasteiger partial charge in [0.25, 0.3) is 0 Å². The second-order valence-corrected chi connectivity index (χ2v) is 7.14. The standard InChI is InChI=1S/C19H19N3O5S/c1-2-27-19(26)15-13-7-4-8-14(13)28-18(15)21-16(24)17(25)22-20-10-11-5-3-6-12(23)9-11/h3,5-6,9-10,23H,2,4,7-8H2,1H3,(H,21,24)(H,22,25). The quantitative estimate of drug-likeness (QED) is 0.307. The topological polar surface area (TPSA) is 117 Å². The number of benzene rings is 1. The number of phenolic OH excluding ortho intramolecular Hbond substituents is 1. The molecule has 3 N–H and O–H groups in total. The van der Waals surface area contributed by atoms with Gasteiger partial charge in [-0.05, 0) is 49.4 Å². The molecule has 0 spiro atoms. The Kier molecular flexibility index (Phi) is 6.05. The molecular formula is C19H19N3O5S. The van der Waals surface area contributed by atoms with Gasteiger partial charge < -0.3 is 15.2 Å². The molecule has 2 amide bonds. The number of carbonyl (C=O) groups excluding carboxylic acids is 3. The lowest BCUT2D eigenvalue weighted by molar-refractivity contribution is -0.136. The summed E-state index contributed by atoms with van der Waals surface area (Å²) in [4.78, 5) is 37.5. The van der Waals surface area contributed by atoms with Crippen LogP contribution in [0.5, 0.6) is 5.75 Å². The van der Waals surface area contributed by atoms with Crippen LogP contribution in [0.2, 0.25) is 0 Å². The monoisotopic (exact) mass is 401 g/mol. The highest BCUT2D eigenvalue weighted by molar-refractivity contribution is 7.17. The third-order valence-corrected chi connectivity index (χ3v) is 5.29. The molecule has 0 saturated heterocycles. The number of nitrogens with zero attached hydrogens (tertiary/aromatic N) is 1. The van der Waals surface area contributed by atoms with E-state index >= 15 is 0 Å². The number of rotatable bonds is 5. The van der Waals surface area contributed by atoms with Crippen molar-refractivity contribution in [1.29, 1.82) is 0 Å². The minimum absolute atomic E-state index is 0.0604. The highest BCUT2D eigenvalue weighted by atomic mass is 32.1. The molecule has 0 radical (unpaired) electrons. The summed E-state index contributed by atoms with van der Waals surface area (Å²) in [5, 5.41) is 15.9. The summed E-state index contributed by atoms with van der Waals surface area (Å²) in [6.07, 6.45) is 3.83. The molecule has 1 aliphatic carbocycles. The van der Waals surface area contributed by atoms with Crippen LogP contribution in [0.3, 0.4) is 0 Å². The van der Waals surface area contributed by atoms with Gasteiger partial charge in [-0.1, -0.05) is 12.1 Å². The average molecular weight is 401 g/mol. The van der Waals surface area contributed by atoms with Crippen LogP contribution in [0.15, 0.2) is 29.4 Å². The lowest BCUT2D eigenvalue weighted by Gasteiger charge is -2.07. The third kappa shape index (κ3) is 4.37. The normalized spacial score (nSPS) is 12.6. The Morgan fingerprint density at radius 3 is 2.86 bits per heavy atom. The number of aryl methyl sites for hydroxylation is 1. The van der Waals surface area contributed by atoms with Crippen molar-refractivity contribution in [2.24, 2.45) is 5.10 Å². The maximum atomic E-state index is 12.3. The molecule has 0 aliphatic heterocycles. The Balaban J connectivity index is 1.67. The Morgan fingerprint density at radius 2 is 2.11 bits per heavy atom. The second kappa shape index (κ2) is 8.66. The molecule has 0 bridgehead atoms. The smallest absolute Gasteiger partial charge is 0.341 e. The fraction of sp³-hybridized carbons (Fsp3) is 0.263. The molecule has 0 saturated carbocycles. The van der Waals surface area contributed by atoms with E-state index in [1.165, 1.54) is 29.7 Å². The molecule has 1 aliphatic rings. The van der Waals surface area contributed by atoms with E-state index in [1.807, 2.05) is 0 Å². The maximum Gasteiger partial charge on any atom is 0.341 e. The first-order chi connectivity index (χ1) is 13.5. The lowest BCUT2D eigenvalue weighted by Crippen LogP contribution is -2.32. The van der Waals surface area contributed by atoms with Crippen LogP contribution >= 0.6 is 11.3 Å². The summed E-state index contributed by atoms with van der Waals surface area (Å²) in [6.45, 7) is 1.93. The van der Waals surface area contributed by atoms with Gasteiger partial charge in [0.05, 0.1) is 18.4 Å². The summed E-state index contributed by atoms with van der Waals surface area (Å²) in [7, 11) is 0. The number of ether oxygens (including phenoxy) is 1. The zero-order valence-corrected chi connectivity index (χ0v) is 16.0. The first kappa shape index (κ1) is 19.6. The van der Waals surface area contributed by atoms with Gasteiger partial charge in [0.2, 0.25) is 0 Å². The van der Waals surface area contributed by atoms with Gasteiger partial charge in [-0.15, -0.1) is 11.3 Å². The van der Waals surface area contributed by atoms with Gasteiger partial charge in [-0.25, -0.2) is 10.2 Å². The Bertz CT molecular complexity index is 951. The van der Waals surface area contributed by atoms with Gasteiger partial charge in [-0.3, -0.25) is 9.59 Å². The number of amides is 2. The number of hydrogen-bond donors (Lipinski definition) is 3. The third-order valence-electron chi connectivity index (χ3n) is 4.08. The largest absolute Gasteiger partial charge is 0.508 e.